The first kappa shape index (κ1) is 24.7. The summed E-state index contributed by atoms with van der Waals surface area (Å²) in [7, 11) is 0. The number of rotatable bonds is 5. The molecule has 9 heteroatoms. The van der Waals surface area contributed by atoms with Gasteiger partial charge in [0, 0.05) is 32.4 Å². The fourth-order valence-electron chi connectivity index (χ4n) is 4.53. The molecule has 2 aromatic heterocycles. The number of hydrogen-bond acceptors (Lipinski definition) is 7. The van der Waals surface area contributed by atoms with Crippen LogP contribution in [-0.2, 0) is 11.3 Å². The van der Waals surface area contributed by atoms with E-state index in [0.29, 0.717) is 32.8 Å². The first-order chi connectivity index (χ1) is 17.3. The van der Waals surface area contributed by atoms with Crippen LogP contribution in [0.15, 0.2) is 52.3 Å². The topological polar surface area (TPSA) is 61.2 Å². The Balaban J connectivity index is 1.54. The first-order valence-electron chi connectivity index (χ1n) is 12.2. The zero-order valence-electron chi connectivity index (χ0n) is 20.7. The van der Waals surface area contributed by atoms with Crippen LogP contribution < -0.4 is 10.5 Å². The summed E-state index contributed by atoms with van der Waals surface area (Å²) in [5, 5.41) is 0. The van der Waals surface area contributed by atoms with E-state index < -0.39 is 0 Å². The molecule has 2 fully saturated rings. The molecule has 0 N–H and O–H groups in total. The summed E-state index contributed by atoms with van der Waals surface area (Å²) in [4.78, 5) is 38.6. The standard InChI is InChI=1S/C27H29N5O2S2/c1-4-29-11-13-30(14-12-29)24-21(25(33)31-16-19(3)7-10-23(31)28-24)15-22-26(34)32(27(35)36-22)17-20-8-5-18(2)6-9-20/h5-10,15-16H,4,11-14,17H2,1-3H3. The number of carbonyl (C=O) groups is 1. The maximum atomic E-state index is 13.7. The molecule has 0 unspecified atom stereocenters. The molecule has 0 saturated carbocycles. The summed E-state index contributed by atoms with van der Waals surface area (Å²) in [5.74, 6) is 0.449. The van der Waals surface area contributed by atoms with Crippen molar-refractivity contribution in [3.05, 3.63) is 80.1 Å². The van der Waals surface area contributed by atoms with E-state index >= 15 is 0 Å². The molecule has 0 radical (unpaired) electrons. The molecule has 2 aliphatic heterocycles. The average molecular weight is 520 g/mol. The summed E-state index contributed by atoms with van der Waals surface area (Å²) < 4.78 is 2.06. The smallest absolute Gasteiger partial charge is 0.267 e. The zero-order valence-corrected chi connectivity index (χ0v) is 22.4. The van der Waals surface area contributed by atoms with Crippen molar-refractivity contribution in [3.8, 4) is 0 Å². The molecule has 4 heterocycles. The lowest BCUT2D eigenvalue weighted by Gasteiger charge is -2.35. The van der Waals surface area contributed by atoms with Crippen LogP contribution in [0.2, 0.25) is 0 Å². The van der Waals surface area contributed by atoms with Crippen LogP contribution in [0.3, 0.4) is 0 Å². The number of piperazine rings is 1. The van der Waals surface area contributed by atoms with Crippen molar-refractivity contribution in [2.45, 2.75) is 27.3 Å². The van der Waals surface area contributed by atoms with Gasteiger partial charge in [-0.15, -0.1) is 0 Å². The van der Waals surface area contributed by atoms with Gasteiger partial charge in [0.15, 0.2) is 0 Å². The number of pyridine rings is 1. The minimum absolute atomic E-state index is 0.180. The van der Waals surface area contributed by atoms with Crippen molar-refractivity contribution in [1.82, 2.24) is 19.2 Å². The van der Waals surface area contributed by atoms with Gasteiger partial charge >= 0.3 is 0 Å². The predicted octanol–water partition coefficient (Wildman–Crippen LogP) is 3.85. The van der Waals surface area contributed by atoms with Crippen LogP contribution in [-0.4, -0.2) is 62.1 Å². The quantitative estimate of drug-likeness (QED) is 0.375. The van der Waals surface area contributed by atoms with Crippen molar-refractivity contribution in [2.24, 2.45) is 0 Å². The lowest BCUT2D eigenvalue weighted by Crippen LogP contribution is -2.47. The lowest BCUT2D eigenvalue weighted by molar-refractivity contribution is -0.122. The third-order valence-corrected chi connectivity index (χ3v) is 8.09. The van der Waals surface area contributed by atoms with Gasteiger partial charge in [-0.05, 0) is 43.7 Å². The van der Waals surface area contributed by atoms with Crippen molar-refractivity contribution < 1.29 is 4.79 Å². The highest BCUT2D eigenvalue weighted by molar-refractivity contribution is 8.26. The van der Waals surface area contributed by atoms with E-state index in [9.17, 15) is 9.59 Å². The van der Waals surface area contributed by atoms with E-state index in [1.54, 1.807) is 21.6 Å². The van der Waals surface area contributed by atoms with E-state index in [4.69, 9.17) is 17.2 Å². The zero-order chi connectivity index (χ0) is 25.4. The average Bonchev–Trinajstić information content (AvgIpc) is 3.14. The van der Waals surface area contributed by atoms with Crippen LogP contribution in [0, 0.1) is 13.8 Å². The Bertz CT molecular complexity index is 1420. The molecule has 7 nitrogen and oxygen atoms in total. The van der Waals surface area contributed by atoms with E-state index in [1.165, 1.54) is 11.8 Å². The van der Waals surface area contributed by atoms with Gasteiger partial charge in [-0.1, -0.05) is 66.8 Å². The molecule has 2 aliphatic rings. The molecule has 5 rings (SSSR count). The molecule has 2 saturated heterocycles. The molecular weight excluding hydrogens is 490 g/mol. The maximum absolute atomic E-state index is 13.7. The SMILES string of the molecule is CCN1CCN(c2nc3ccc(C)cn3c(=O)c2C=C2SC(=S)N(Cc3ccc(C)cc3)C2=O)CC1. The van der Waals surface area contributed by atoms with Crippen LogP contribution in [0.1, 0.15) is 29.2 Å². The number of carbonyl (C=O) groups excluding carboxylic acids is 1. The fraction of sp³-hybridized carbons (Fsp3) is 0.333. The molecule has 0 atom stereocenters. The van der Waals surface area contributed by atoms with Gasteiger partial charge in [0.2, 0.25) is 0 Å². The van der Waals surface area contributed by atoms with Gasteiger partial charge in [0.25, 0.3) is 11.5 Å². The minimum Gasteiger partial charge on any atom is -0.353 e. The molecule has 1 amide bonds. The Morgan fingerprint density at radius 3 is 2.39 bits per heavy atom. The van der Waals surface area contributed by atoms with Gasteiger partial charge in [0.1, 0.15) is 15.8 Å². The molecule has 3 aromatic rings. The molecule has 0 aliphatic carbocycles. The second-order valence-electron chi connectivity index (χ2n) is 9.26. The van der Waals surface area contributed by atoms with Crippen molar-refractivity contribution >= 4 is 51.7 Å². The molecule has 36 heavy (non-hydrogen) atoms. The normalized spacial score (nSPS) is 18.1. The van der Waals surface area contributed by atoms with Crippen molar-refractivity contribution in [2.75, 3.05) is 37.6 Å². The van der Waals surface area contributed by atoms with Gasteiger partial charge < -0.3 is 9.80 Å². The number of amides is 1. The Hall–Kier alpha value is -3.01. The van der Waals surface area contributed by atoms with E-state index in [1.807, 2.05) is 50.2 Å². The third-order valence-electron chi connectivity index (χ3n) is 6.71. The highest BCUT2D eigenvalue weighted by Crippen LogP contribution is 2.34. The Morgan fingerprint density at radius 1 is 1.00 bits per heavy atom. The second-order valence-corrected chi connectivity index (χ2v) is 10.9. The predicted molar refractivity (Wildman–Crippen MR) is 150 cm³/mol. The molecular formula is C27H29N5O2S2. The summed E-state index contributed by atoms with van der Waals surface area (Å²) >= 11 is 6.80. The molecule has 0 bridgehead atoms. The highest BCUT2D eigenvalue weighted by Gasteiger charge is 2.33. The Morgan fingerprint density at radius 2 is 1.69 bits per heavy atom. The second kappa shape index (κ2) is 10.2. The molecule has 186 valence electrons. The van der Waals surface area contributed by atoms with E-state index in [2.05, 4.69) is 16.7 Å². The van der Waals surface area contributed by atoms with E-state index in [0.717, 1.165) is 49.4 Å². The summed E-state index contributed by atoms with van der Waals surface area (Å²) in [5.41, 5.74) is 3.99. The summed E-state index contributed by atoms with van der Waals surface area (Å²) in [6.07, 6.45) is 3.49. The monoisotopic (exact) mass is 519 g/mol. The number of likely N-dealkylation sites (N-methyl/N-ethyl adjacent to an activating group) is 1. The van der Waals surface area contributed by atoms with Crippen LogP contribution in [0.5, 0.6) is 0 Å². The van der Waals surface area contributed by atoms with Crippen LogP contribution in [0.4, 0.5) is 5.82 Å². The Labute approximate surface area is 220 Å². The number of thiocarbonyl (C=S) groups is 1. The third kappa shape index (κ3) is 4.83. The van der Waals surface area contributed by atoms with Gasteiger partial charge in [-0.25, -0.2) is 4.98 Å². The lowest BCUT2D eigenvalue weighted by atomic mass is 10.1. The molecule has 0 spiro atoms. The van der Waals surface area contributed by atoms with Crippen molar-refractivity contribution in [1.29, 1.82) is 0 Å². The fourth-order valence-corrected chi connectivity index (χ4v) is 5.77. The van der Waals surface area contributed by atoms with Crippen LogP contribution in [0.25, 0.3) is 11.7 Å². The number of anilines is 1. The van der Waals surface area contributed by atoms with E-state index in [-0.39, 0.29) is 11.5 Å². The maximum Gasteiger partial charge on any atom is 0.267 e. The number of nitrogens with zero attached hydrogens (tertiary/aromatic N) is 5. The summed E-state index contributed by atoms with van der Waals surface area (Å²) in [6.45, 7) is 10.9. The van der Waals surface area contributed by atoms with Crippen molar-refractivity contribution in [3.63, 3.8) is 0 Å². The molecule has 1 aromatic carbocycles. The number of aromatic nitrogens is 2. The van der Waals surface area contributed by atoms with Gasteiger partial charge in [-0.3, -0.25) is 18.9 Å². The number of hydrogen-bond donors (Lipinski definition) is 0. The number of aryl methyl sites for hydroxylation is 2. The number of fused-ring (bicyclic) bond motifs is 1. The van der Waals surface area contributed by atoms with Gasteiger partial charge in [-0.2, -0.15) is 0 Å². The minimum atomic E-state index is -0.180. The van der Waals surface area contributed by atoms with Crippen LogP contribution >= 0.6 is 24.0 Å². The first-order valence-corrected chi connectivity index (χ1v) is 13.4. The largest absolute Gasteiger partial charge is 0.353 e. The summed E-state index contributed by atoms with van der Waals surface area (Å²) in [6, 6.07) is 11.9. The number of benzene rings is 1. The van der Waals surface area contributed by atoms with Gasteiger partial charge in [0.05, 0.1) is 17.0 Å². The number of thioether (sulfide) groups is 1. The Kier molecular flexibility index (Phi) is 6.96. The highest BCUT2D eigenvalue weighted by atomic mass is 32.2.